The van der Waals surface area contributed by atoms with Gasteiger partial charge in [0.1, 0.15) is 5.54 Å². The Balaban J connectivity index is 1.57. The zero-order valence-electron chi connectivity index (χ0n) is 16.7. The fraction of sp³-hybridized carbons (Fsp3) is 0.524. The summed E-state index contributed by atoms with van der Waals surface area (Å²) in [5, 5.41) is 6.40. The van der Waals surface area contributed by atoms with Crippen molar-refractivity contribution in [2.24, 2.45) is 17.6 Å². The van der Waals surface area contributed by atoms with Crippen LogP contribution in [0.4, 0.5) is 5.69 Å². The summed E-state index contributed by atoms with van der Waals surface area (Å²) in [6.45, 7) is 0.780. The normalized spacial score (nSPS) is 33.8. The summed E-state index contributed by atoms with van der Waals surface area (Å²) >= 11 is 6.30. The molecule has 0 aromatic heterocycles. The molecule has 0 unspecified atom stereocenters. The van der Waals surface area contributed by atoms with E-state index in [0.29, 0.717) is 22.9 Å². The molecule has 0 bridgehead atoms. The number of para-hydroxylation sites is 1. The van der Waals surface area contributed by atoms with Gasteiger partial charge in [-0.05, 0) is 25.3 Å². The smallest absolute Gasteiger partial charge is 0.250 e. The molecule has 164 valence electrons. The number of nitrogens with two attached hydrogens (primary N) is 1. The molecule has 1 spiro atoms. The monoisotopic (exact) mass is 446 g/mol. The fourth-order valence-corrected chi connectivity index (χ4v) is 5.79. The van der Waals surface area contributed by atoms with Crippen molar-refractivity contribution in [3.63, 3.8) is 0 Å². The highest BCUT2D eigenvalue weighted by Crippen LogP contribution is 2.54. The van der Waals surface area contributed by atoms with Gasteiger partial charge in [0, 0.05) is 24.6 Å². The molecule has 9 nitrogen and oxygen atoms in total. The number of carbonyl (C=O) groups is 4. The number of anilines is 1. The quantitative estimate of drug-likeness (QED) is 0.565. The lowest BCUT2D eigenvalue weighted by molar-refractivity contribution is -0.144. The second kappa shape index (κ2) is 7.29. The number of halogens is 1. The van der Waals surface area contributed by atoms with E-state index in [-0.39, 0.29) is 31.4 Å². The molecule has 0 radical (unpaired) electrons. The Kier molecular flexibility index (Phi) is 4.80. The van der Waals surface area contributed by atoms with E-state index >= 15 is 0 Å². The molecule has 5 atom stereocenters. The zero-order valence-corrected chi connectivity index (χ0v) is 17.5. The predicted octanol–water partition coefficient (Wildman–Crippen LogP) is 0.505. The highest BCUT2D eigenvalue weighted by Gasteiger charge is 2.70. The molecule has 4 aliphatic rings. The molecule has 4 aliphatic heterocycles. The molecule has 3 fully saturated rings. The summed E-state index contributed by atoms with van der Waals surface area (Å²) in [5.41, 5.74) is 4.89. The largest absolute Gasteiger partial charge is 0.376 e. The van der Waals surface area contributed by atoms with Gasteiger partial charge in [-0.15, -0.1) is 0 Å². The van der Waals surface area contributed by atoms with Gasteiger partial charge in [0.05, 0.1) is 35.2 Å². The van der Waals surface area contributed by atoms with Crippen LogP contribution in [0.5, 0.6) is 0 Å². The second-order valence-corrected chi connectivity index (χ2v) is 9.01. The summed E-state index contributed by atoms with van der Waals surface area (Å²) in [6, 6.07) is 4.55. The maximum atomic E-state index is 13.6. The van der Waals surface area contributed by atoms with Crippen LogP contribution in [0.2, 0.25) is 5.02 Å². The van der Waals surface area contributed by atoms with Crippen molar-refractivity contribution in [3.05, 3.63) is 28.8 Å². The Hall–Kier alpha value is -2.49. The lowest BCUT2D eigenvalue weighted by atomic mass is 9.76. The summed E-state index contributed by atoms with van der Waals surface area (Å²) in [7, 11) is 0. The Morgan fingerprint density at radius 3 is 2.81 bits per heavy atom. The molecular weight excluding hydrogens is 424 g/mol. The topological polar surface area (TPSA) is 131 Å². The van der Waals surface area contributed by atoms with Crippen LogP contribution in [0.15, 0.2) is 18.2 Å². The third-order valence-corrected chi connectivity index (χ3v) is 7.22. The van der Waals surface area contributed by atoms with Gasteiger partial charge in [-0.3, -0.25) is 29.4 Å². The van der Waals surface area contributed by atoms with Crippen molar-refractivity contribution in [2.75, 3.05) is 18.5 Å². The minimum atomic E-state index is -1.43. The van der Waals surface area contributed by atoms with Gasteiger partial charge in [-0.1, -0.05) is 23.7 Å². The number of fused-ring (bicyclic) bond motifs is 4. The maximum Gasteiger partial charge on any atom is 0.250 e. The number of likely N-dealkylation sites (tertiary alicyclic amines) is 1. The molecule has 1 aromatic rings. The number of hydrogen-bond acceptors (Lipinski definition) is 6. The summed E-state index contributed by atoms with van der Waals surface area (Å²) in [6.07, 6.45) is 1.75. The van der Waals surface area contributed by atoms with Crippen LogP contribution in [0.3, 0.4) is 0 Å². The van der Waals surface area contributed by atoms with Gasteiger partial charge in [0.15, 0.2) is 0 Å². The first kappa shape index (κ1) is 20.4. The van der Waals surface area contributed by atoms with Crippen LogP contribution >= 0.6 is 11.6 Å². The SMILES string of the molecule is NC(=O)CC[C@@H]1N[C@]2(C(=O)Nc3c(Cl)cccc32)[C@@H]2C(=O)N(C[C@H]3CCCO3)C(=O)[C@@H]12. The van der Waals surface area contributed by atoms with E-state index in [9.17, 15) is 19.2 Å². The molecule has 4 N–H and O–H groups in total. The number of nitrogens with one attached hydrogen (secondary N) is 2. The maximum absolute atomic E-state index is 13.6. The first-order chi connectivity index (χ1) is 14.8. The molecule has 10 heteroatoms. The van der Waals surface area contributed by atoms with Crippen molar-refractivity contribution in [1.82, 2.24) is 10.2 Å². The number of benzene rings is 1. The standard InChI is InChI=1S/C21H23ClN4O5/c22-12-5-1-4-11-17(12)24-20(30)21(11)16-15(13(25-21)6-7-14(23)27)18(28)26(19(16)29)9-10-3-2-8-31-10/h1,4-5,10,13,15-16,25H,2-3,6-9H2,(H2,23,27)(H,24,30)/t10-,13+,15+,16+,21+/m1/s1. The summed E-state index contributed by atoms with van der Waals surface area (Å²) in [4.78, 5) is 52.9. The van der Waals surface area contributed by atoms with Crippen LogP contribution < -0.4 is 16.4 Å². The molecule has 4 heterocycles. The van der Waals surface area contributed by atoms with Gasteiger partial charge >= 0.3 is 0 Å². The Bertz CT molecular complexity index is 994. The molecule has 31 heavy (non-hydrogen) atoms. The van der Waals surface area contributed by atoms with Crippen LogP contribution in [0.25, 0.3) is 0 Å². The molecule has 3 saturated heterocycles. The number of hydrogen-bond donors (Lipinski definition) is 3. The van der Waals surface area contributed by atoms with Gasteiger partial charge < -0.3 is 15.8 Å². The lowest BCUT2D eigenvalue weighted by Gasteiger charge is -2.30. The molecular formula is C21H23ClN4O5. The first-order valence-corrected chi connectivity index (χ1v) is 10.9. The van der Waals surface area contributed by atoms with Crippen molar-refractivity contribution in [2.45, 2.75) is 43.4 Å². The minimum absolute atomic E-state index is 0.0359. The van der Waals surface area contributed by atoms with Gasteiger partial charge in [-0.2, -0.15) is 0 Å². The Morgan fingerprint density at radius 2 is 2.10 bits per heavy atom. The minimum Gasteiger partial charge on any atom is -0.376 e. The van der Waals surface area contributed by atoms with Crippen LogP contribution in [0.1, 0.15) is 31.2 Å². The van der Waals surface area contributed by atoms with Gasteiger partial charge in [-0.25, -0.2) is 0 Å². The van der Waals surface area contributed by atoms with E-state index in [1.54, 1.807) is 18.2 Å². The van der Waals surface area contributed by atoms with E-state index in [1.807, 2.05) is 0 Å². The highest BCUT2D eigenvalue weighted by atomic mass is 35.5. The summed E-state index contributed by atoms with van der Waals surface area (Å²) < 4.78 is 5.63. The zero-order chi connectivity index (χ0) is 21.9. The van der Waals surface area contributed by atoms with E-state index in [0.717, 1.165) is 12.8 Å². The van der Waals surface area contributed by atoms with Crippen molar-refractivity contribution in [1.29, 1.82) is 0 Å². The van der Waals surface area contributed by atoms with E-state index in [4.69, 9.17) is 22.1 Å². The average Bonchev–Trinajstić information content (AvgIpc) is 3.47. The number of imide groups is 1. The fourth-order valence-electron chi connectivity index (χ4n) is 5.57. The highest BCUT2D eigenvalue weighted by molar-refractivity contribution is 6.35. The molecule has 0 aliphatic carbocycles. The predicted molar refractivity (Wildman–Crippen MR) is 110 cm³/mol. The van der Waals surface area contributed by atoms with Gasteiger partial charge in [0.2, 0.25) is 23.6 Å². The lowest BCUT2D eigenvalue weighted by Crippen LogP contribution is -2.53. The number of rotatable bonds is 5. The van der Waals surface area contributed by atoms with E-state index in [1.165, 1.54) is 4.90 Å². The average molecular weight is 447 g/mol. The van der Waals surface area contributed by atoms with Crippen molar-refractivity contribution >= 4 is 40.9 Å². The van der Waals surface area contributed by atoms with E-state index in [2.05, 4.69) is 10.6 Å². The van der Waals surface area contributed by atoms with Crippen LogP contribution in [-0.2, 0) is 29.5 Å². The Morgan fingerprint density at radius 1 is 1.29 bits per heavy atom. The molecule has 0 saturated carbocycles. The number of primary amides is 1. The van der Waals surface area contributed by atoms with Crippen LogP contribution in [-0.4, -0.2) is 53.8 Å². The number of amides is 4. The third kappa shape index (κ3) is 2.90. The second-order valence-electron chi connectivity index (χ2n) is 8.61. The van der Waals surface area contributed by atoms with E-state index < -0.39 is 41.1 Å². The van der Waals surface area contributed by atoms with Gasteiger partial charge in [0.25, 0.3) is 0 Å². The molecule has 5 rings (SSSR count). The molecule has 1 aromatic carbocycles. The van der Waals surface area contributed by atoms with Crippen molar-refractivity contribution < 1.29 is 23.9 Å². The number of ether oxygens (including phenoxy) is 1. The Labute approximate surface area is 183 Å². The third-order valence-electron chi connectivity index (χ3n) is 6.90. The number of carbonyl (C=O) groups excluding carboxylic acids is 4. The van der Waals surface area contributed by atoms with Crippen molar-refractivity contribution in [3.8, 4) is 0 Å². The first-order valence-electron chi connectivity index (χ1n) is 10.5. The number of nitrogens with zero attached hydrogens (tertiary/aromatic N) is 1. The summed E-state index contributed by atoms with van der Waals surface area (Å²) in [5.74, 6) is -3.38. The van der Waals surface area contributed by atoms with Crippen LogP contribution in [0, 0.1) is 11.8 Å². The molecule has 4 amide bonds.